The summed E-state index contributed by atoms with van der Waals surface area (Å²) >= 11 is 0. The zero-order chi connectivity index (χ0) is 21.1. The predicted molar refractivity (Wildman–Crippen MR) is 113 cm³/mol. The topological polar surface area (TPSA) is 104 Å². The van der Waals surface area contributed by atoms with Gasteiger partial charge in [0.05, 0.1) is 31.5 Å². The summed E-state index contributed by atoms with van der Waals surface area (Å²) in [4.78, 5) is 16.9. The number of nitrogens with one attached hydrogen (secondary N) is 1. The lowest BCUT2D eigenvalue weighted by Gasteiger charge is -2.12. The molecule has 0 unspecified atom stereocenters. The third-order valence-electron chi connectivity index (χ3n) is 5.08. The maximum atomic E-state index is 12.6. The van der Waals surface area contributed by atoms with Crippen molar-refractivity contribution in [3.8, 4) is 11.5 Å². The molecule has 8 heteroatoms. The lowest BCUT2D eigenvalue weighted by atomic mass is 10.1. The Balaban J connectivity index is 1.44. The van der Waals surface area contributed by atoms with Crippen molar-refractivity contribution in [1.29, 1.82) is 0 Å². The number of benzene rings is 1. The Morgan fingerprint density at radius 2 is 2.10 bits per heavy atom. The molecular weight excluding hydrogens is 382 g/mol. The first-order valence-electron chi connectivity index (χ1n) is 9.92. The number of anilines is 1. The minimum Gasteiger partial charge on any atom is -0.490 e. The Labute approximate surface area is 175 Å². The maximum absolute atomic E-state index is 12.6. The van der Waals surface area contributed by atoms with E-state index in [4.69, 9.17) is 15.2 Å². The minimum absolute atomic E-state index is 0.191. The van der Waals surface area contributed by atoms with E-state index in [0.29, 0.717) is 37.7 Å². The van der Waals surface area contributed by atoms with Crippen LogP contribution in [0.3, 0.4) is 0 Å². The third-order valence-corrected chi connectivity index (χ3v) is 5.08. The molecule has 0 saturated heterocycles. The molecule has 0 atom stereocenters. The summed E-state index contributed by atoms with van der Waals surface area (Å²) in [7, 11) is 0. The number of nitrogen functional groups attached to an aromatic ring is 1. The number of fused-ring (bicyclic) bond motifs is 1. The lowest BCUT2D eigenvalue weighted by molar-refractivity contribution is 0.0950. The molecule has 8 nitrogen and oxygen atoms in total. The third kappa shape index (κ3) is 4.22. The van der Waals surface area contributed by atoms with Crippen LogP contribution in [0, 0.1) is 13.8 Å². The first-order valence-corrected chi connectivity index (χ1v) is 9.92. The van der Waals surface area contributed by atoms with Gasteiger partial charge in [0, 0.05) is 30.4 Å². The number of aryl methyl sites for hydroxylation is 2. The molecule has 1 amide bonds. The highest BCUT2D eigenvalue weighted by molar-refractivity contribution is 5.93. The average Bonchev–Trinajstić information content (AvgIpc) is 3.03. The highest BCUT2D eigenvalue weighted by Crippen LogP contribution is 2.33. The smallest absolute Gasteiger partial charge is 0.254 e. The van der Waals surface area contributed by atoms with Crippen LogP contribution in [0.5, 0.6) is 11.5 Å². The van der Waals surface area contributed by atoms with Crippen molar-refractivity contribution >= 4 is 11.7 Å². The van der Waals surface area contributed by atoms with Crippen LogP contribution < -0.4 is 20.5 Å². The molecule has 3 N–H and O–H groups in total. The van der Waals surface area contributed by atoms with Gasteiger partial charge in [-0.2, -0.15) is 5.10 Å². The standard InChI is InChI=1S/C22H25N5O3/c1-14-9-20(23)26-15(2)18(14)11-24-22(28)17-10-25-27(13-17)12-16-5-3-6-19-21(16)30-8-4-7-29-19/h3,5-6,9-10,13H,4,7-8,11-12H2,1-2H3,(H2,23,26)(H,24,28). The van der Waals surface area contributed by atoms with Gasteiger partial charge in [0.25, 0.3) is 5.91 Å². The van der Waals surface area contributed by atoms with Crippen molar-refractivity contribution in [3.05, 3.63) is 64.6 Å². The Hall–Kier alpha value is -3.55. The fourth-order valence-electron chi connectivity index (χ4n) is 3.55. The van der Waals surface area contributed by atoms with E-state index in [-0.39, 0.29) is 5.91 Å². The molecule has 1 aromatic carbocycles. The molecule has 30 heavy (non-hydrogen) atoms. The van der Waals surface area contributed by atoms with Crippen molar-refractivity contribution in [2.75, 3.05) is 18.9 Å². The second-order valence-corrected chi connectivity index (χ2v) is 7.33. The van der Waals surface area contributed by atoms with E-state index in [2.05, 4.69) is 15.4 Å². The molecule has 4 rings (SSSR count). The van der Waals surface area contributed by atoms with Crippen LogP contribution >= 0.6 is 0 Å². The molecule has 0 radical (unpaired) electrons. The van der Waals surface area contributed by atoms with Crippen LogP contribution in [-0.2, 0) is 13.1 Å². The summed E-state index contributed by atoms with van der Waals surface area (Å²) in [5, 5.41) is 7.27. The number of carbonyl (C=O) groups excluding carboxylic acids is 1. The van der Waals surface area contributed by atoms with E-state index in [0.717, 1.165) is 40.3 Å². The molecule has 0 aliphatic carbocycles. The normalized spacial score (nSPS) is 13.0. The number of ether oxygens (including phenoxy) is 2. The molecule has 0 saturated carbocycles. The van der Waals surface area contributed by atoms with Crippen molar-refractivity contribution in [2.24, 2.45) is 0 Å². The molecular formula is C22H25N5O3. The number of hydrogen-bond donors (Lipinski definition) is 2. The van der Waals surface area contributed by atoms with Crippen molar-refractivity contribution in [3.63, 3.8) is 0 Å². The Kier molecular flexibility index (Phi) is 5.56. The number of nitrogens with two attached hydrogens (primary N) is 1. The van der Waals surface area contributed by atoms with Gasteiger partial charge in [0.2, 0.25) is 0 Å². The van der Waals surface area contributed by atoms with Gasteiger partial charge >= 0.3 is 0 Å². The molecule has 1 aliphatic rings. The fourth-order valence-corrected chi connectivity index (χ4v) is 3.55. The average molecular weight is 407 g/mol. The lowest BCUT2D eigenvalue weighted by Crippen LogP contribution is -2.23. The molecule has 0 bridgehead atoms. The second-order valence-electron chi connectivity index (χ2n) is 7.33. The summed E-state index contributed by atoms with van der Waals surface area (Å²) in [6, 6.07) is 7.63. The van der Waals surface area contributed by atoms with Crippen LogP contribution in [0.2, 0.25) is 0 Å². The van der Waals surface area contributed by atoms with E-state index in [1.807, 2.05) is 32.0 Å². The number of amides is 1. The van der Waals surface area contributed by atoms with E-state index in [1.54, 1.807) is 23.1 Å². The van der Waals surface area contributed by atoms with E-state index < -0.39 is 0 Å². The first-order chi connectivity index (χ1) is 14.5. The van der Waals surface area contributed by atoms with Crippen LogP contribution in [0.4, 0.5) is 5.82 Å². The summed E-state index contributed by atoms with van der Waals surface area (Å²) in [5.74, 6) is 1.79. The molecule has 2 aromatic heterocycles. The van der Waals surface area contributed by atoms with Gasteiger partial charge in [-0.3, -0.25) is 9.48 Å². The van der Waals surface area contributed by atoms with Crippen LogP contribution in [0.1, 0.15) is 39.2 Å². The van der Waals surface area contributed by atoms with Gasteiger partial charge in [-0.05, 0) is 37.1 Å². The van der Waals surface area contributed by atoms with E-state index >= 15 is 0 Å². The molecule has 156 valence electrons. The SMILES string of the molecule is Cc1cc(N)nc(C)c1CNC(=O)c1cnn(Cc2cccc3c2OCCCO3)c1. The molecule has 3 aromatic rings. The zero-order valence-corrected chi connectivity index (χ0v) is 17.1. The van der Waals surface area contributed by atoms with E-state index in [9.17, 15) is 4.79 Å². The Morgan fingerprint density at radius 3 is 2.93 bits per heavy atom. The van der Waals surface area contributed by atoms with Crippen LogP contribution in [-0.4, -0.2) is 33.9 Å². The highest BCUT2D eigenvalue weighted by Gasteiger charge is 2.16. The quantitative estimate of drug-likeness (QED) is 0.674. The summed E-state index contributed by atoms with van der Waals surface area (Å²) in [6.45, 7) is 5.98. The van der Waals surface area contributed by atoms with Gasteiger partial charge in [-0.1, -0.05) is 12.1 Å². The number of nitrogens with zero attached hydrogens (tertiary/aromatic N) is 3. The number of pyridine rings is 1. The van der Waals surface area contributed by atoms with Crippen molar-refractivity contribution < 1.29 is 14.3 Å². The van der Waals surface area contributed by atoms with Crippen molar-refractivity contribution in [2.45, 2.75) is 33.4 Å². The first kappa shape index (κ1) is 19.8. The zero-order valence-electron chi connectivity index (χ0n) is 17.1. The second kappa shape index (κ2) is 8.44. The van der Waals surface area contributed by atoms with Gasteiger partial charge in [-0.15, -0.1) is 0 Å². The highest BCUT2D eigenvalue weighted by atomic mass is 16.5. The largest absolute Gasteiger partial charge is 0.490 e. The summed E-state index contributed by atoms with van der Waals surface area (Å²) in [5.41, 5.74) is 10.0. The summed E-state index contributed by atoms with van der Waals surface area (Å²) in [6.07, 6.45) is 4.14. The Morgan fingerprint density at radius 1 is 1.27 bits per heavy atom. The van der Waals surface area contributed by atoms with Gasteiger partial charge in [-0.25, -0.2) is 4.98 Å². The number of hydrogen-bond acceptors (Lipinski definition) is 6. The monoisotopic (exact) mass is 407 g/mol. The van der Waals surface area contributed by atoms with Crippen LogP contribution in [0.25, 0.3) is 0 Å². The van der Waals surface area contributed by atoms with Gasteiger partial charge in [0.1, 0.15) is 5.82 Å². The Bertz CT molecular complexity index is 1050. The molecule has 1 aliphatic heterocycles. The number of aromatic nitrogens is 3. The summed E-state index contributed by atoms with van der Waals surface area (Å²) < 4.78 is 13.3. The molecule has 0 spiro atoms. The van der Waals surface area contributed by atoms with Crippen LogP contribution in [0.15, 0.2) is 36.7 Å². The predicted octanol–water partition coefficient (Wildman–Crippen LogP) is 2.62. The molecule has 3 heterocycles. The minimum atomic E-state index is -0.191. The molecule has 0 fully saturated rings. The van der Waals surface area contributed by atoms with Gasteiger partial charge in [0.15, 0.2) is 11.5 Å². The fraction of sp³-hybridized carbons (Fsp3) is 0.318. The van der Waals surface area contributed by atoms with E-state index in [1.165, 1.54) is 0 Å². The number of rotatable bonds is 5. The van der Waals surface area contributed by atoms with Crippen molar-refractivity contribution in [1.82, 2.24) is 20.1 Å². The maximum Gasteiger partial charge on any atom is 0.254 e. The number of carbonyl (C=O) groups is 1. The number of para-hydroxylation sites is 1. The van der Waals surface area contributed by atoms with Gasteiger partial charge < -0.3 is 20.5 Å².